The third-order valence-corrected chi connectivity index (χ3v) is 7.26. The SMILES string of the molecule is [2H]c1ccnc(S(=O)(=O)c2[c-]c(-c3[c-]c4c(cc3)c3ccccc3n4-c3ccccn3)ccc2)c1.[Pt+2]. The molecule has 0 aliphatic rings. The predicted molar refractivity (Wildman–Crippen MR) is 131 cm³/mol. The van der Waals surface area contributed by atoms with Gasteiger partial charge in [0.25, 0.3) is 0 Å². The molecule has 0 aliphatic carbocycles. The van der Waals surface area contributed by atoms with Crippen molar-refractivity contribution in [1.29, 1.82) is 0 Å². The van der Waals surface area contributed by atoms with Crippen LogP contribution in [-0.2, 0) is 30.9 Å². The van der Waals surface area contributed by atoms with Crippen LogP contribution >= 0.6 is 0 Å². The predicted octanol–water partition coefficient (Wildman–Crippen LogP) is 5.67. The van der Waals surface area contributed by atoms with E-state index in [4.69, 9.17) is 1.37 Å². The number of nitrogens with zero attached hydrogens (tertiary/aromatic N) is 3. The molecule has 5 nitrogen and oxygen atoms in total. The van der Waals surface area contributed by atoms with Crippen molar-refractivity contribution in [2.24, 2.45) is 0 Å². The van der Waals surface area contributed by atoms with Crippen LogP contribution in [0.1, 0.15) is 1.37 Å². The standard InChI is InChI=1S/C28H17N3O2S.Pt/c32-34(33,28-13-4-6-17-30-28)22-9-7-8-20(18-22)21-14-15-24-23-10-1-2-11-25(23)31(26(24)19-21)27-12-3-5-16-29-27;/h1-17H;/q-2;+2/i4D;. The van der Waals surface area contributed by atoms with E-state index in [1.165, 1.54) is 24.4 Å². The van der Waals surface area contributed by atoms with Gasteiger partial charge in [-0.25, -0.2) is 29.5 Å². The molecule has 0 spiro atoms. The van der Waals surface area contributed by atoms with Crippen LogP contribution in [0, 0.1) is 12.1 Å². The van der Waals surface area contributed by atoms with Crippen molar-refractivity contribution in [1.82, 2.24) is 14.5 Å². The zero-order chi connectivity index (χ0) is 24.0. The molecule has 0 aliphatic heterocycles. The normalized spacial score (nSPS) is 11.8. The average molecular weight is 656 g/mol. The van der Waals surface area contributed by atoms with Crippen LogP contribution in [0.4, 0.5) is 0 Å². The summed E-state index contributed by atoms with van der Waals surface area (Å²) in [6.07, 6.45) is 3.07. The second-order valence-electron chi connectivity index (χ2n) is 7.70. The number of para-hydroxylation sites is 1. The molecular weight excluding hydrogens is 637 g/mol. The summed E-state index contributed by atoms with van der Waals surface area (Å²) in [6.45, 7) is 0. The molecule has 6 rings (SSSR count). The summed E-state index contributed by atoms with van der Waals surface area (Å²) in [6, 6.07) is 32.0. The van der Waals surface area contributed by atoms with Crippen LogP contribution in [0.3, 0.4) is 0 Å². The van der Waals surface area contributed by atoms with E-state index in [1.807, 2.05) is 48.5 Å². The number of sulfone groups is 1. The van der Waals surface area contributed by atoms with Gasteiger partial charge in [0, 0.05) is 17.9 Å². The van der Waals surface area contributed by atoms with E-state index < -0.39 is 9.84 Å². The fourth-order valence-electron chi connectivity index (χ4n) is 4.11. The Morgan fingerprint density at radius 2 is 1.54 bits per heavy atom. The van der Waals surface area contributed by atoms with Crippen molar-refractivity contribution in [2.45, 2.75) is 9.92 Å². The molecule has 3 aromatic heterocycles. The summed E-state index contributed by atoms with van der Waals surface area (Å²) >= 11 is 0. The maximum absolute atomic E-state index is 13.1. The number of hydrogen-bond acceptors (Lipinski definition) is 4. The molecule has 3 heterocycles. The first kappa shape index (κ1) is 21.9. The molecule has 7 heteroatoms. The summed E-state index contributed by atoms with van der Waals surface area (Å²) in [5.74, 6) is 0.772. The van der Waals surface area contributed by atoms with Crippen LogP contribution in [0.25, 0.3) is 38.8 Å². The van der Waals surface area contributed by atoms with E-state index >= 15 is 0 Å². The first-order chi connectivity index (χ1) is 17.0. The van der Waals surface area contributed by atoms with E-state index in [-0.39, 0.29) is 37.0 Å². The van der Waals surface area contributed by atoms with Crippen molar-refractivity contribution in [2.75, 3.05) is 0 Å². The van der Waals surface area contributed by atoms with Crippen molar-refractivity contribution in [3.05, 3.63) is 115 Å². The summed E-state index contributed by atoms with van der Waals surface area (Å²) < 4.78 is 36.1. The molecule has 6 aromatic rings. The first-order valence-corrected chi connectivity index (χ1v) is 12.1. The Bertz CT molecular complexity index is 1840. The Morgan fingerprint density at radius 1 is 0.743 bits per heavy atom. The maximum atomic E-state index is 13.1. The maximum Gasteiger partial charge on any atom is 2.00 e. The minimum absolute atomic E-state index is 0. The van der Waals surface area contributed by atoms with Gasteiger partial charge in [0.15, 0.2) is 5.03 Å². The van der Waals surface area contributed by atoms with Gasteiger partial charge in [0.2, 0.25) is 9.84 Å². The summed E-state index contributed by atoms with van der Waals surface area (Å²) in [7, 11) is -3.92. The fraction of sp³-hybridized carbons (Fsp3) is 0. The second kappa shape index (κ2) is 9.21. The van der Waals surface area contributed by atoms with Gasteiger partial charge in [-0.15, -0.1) is 12.1 Å². The molecule has 0 unspecified atom stereocenters. The fourth-order valence-corrected chi connectivity index (χ4v) is 5.26. The summed E-state index contributed by atoms with van der Waals surface area (Å²) in [5, 5.41) is 1.93. The Labute approximate surface area is 218 Å². The average Bonchev–Trinajstić information content (AvgIpc) is 3.23. The molecule has 0 fully saturated rings. The largest absolute Gasteiger partial charge is 2.00 e. The third-order valence-electron chi connectivity index (χ3n) is 5.66. The summed E-state index contributed by atoms with van der Waals surface area (Å²) in [5.41, 5.74) is 3.15. The van der Waals surface area contributed by atoms with Crippen molar-refractivity contribution < 1.29 is 30.9 Å². The minimum Gasteiger partial charge on any atom is -0.314 e. The van der Waals surface area contributed by atoms with Crippen molar-refractivity contribution in [3.8, 4) is 16.9 Å². The van der Waals surface area contributed by atoms with Gasteiger partial charge in [-0.2, -0.15) is 30.3 Å². The summed E-state index contributed by atoms with van der Waals surface area (Å²) in [4.78, 5) is 8.49. The van der Waals surface area contributed by atoms with E-state index in [1.54, 1.807) is 18.3 Å². The number of rotatable bonds is 4. The molecule has 172 valence electrons. The molecule has 0 saturated heterocycles. The quantitative estimate of drug-likeness (QED) is 0.230. The van der Waals surface area contributed by atoms with Gasteiger partial charge in [-0.1, -0.05) is 35.7 Å². The van der Waals surface area contributed by atoms with Gasteiger partial charge in [0.1, 0.15) is 5.82 Å². The number of benzene rings is 3. The molecule has 3 aromatic carbocycles. The number of pyridine rings is 2. The Hall–Kier alpha value is -3.60. The molecule has 0 saturated carbocycles. The topological polar surface area (TPSA) is 64.8 Å². The Kier molecular flexibility index (Phi) is 5.77. The second-order valence-corrected chi connectivity index (χ2v) is 9.57. The first-order valence-electron chi connectivity index (χ1n) is 11.1. The van der Waals surface area contributed by atoms with Crippen LogP contribution in [0.15, 0.2) is 113 Å². The molecule has 0 bridgehead atoms. The molecule has 35 heavy (non-hydrogen) atoms. The third kappa shape index (κ3) is 3.99. The molecular formula is C28H17N3O2PtS. The van der Waals surface area contributed by atoms with E-state index in [0.717, 1.165) is 27.6 Å². The molecule has 0 amide bonds. The Balaban J connectivity index is 0.00000267. The van der Waals surface area contributed by atoms with Gasteiger partial charge < -0.3 is 4.57 Å². The van der Waals surface area contributed by atoms with Gasteiger partial charge in [-0.3, -0.25) is 0 Å². The van der Waals surface area contributed by atoms with E-state index in [0.29, 0.717) is 11.1 Å². The number of aromatic nitrogens is 3. The Morgan fingerprint density at radius 3 is 2.37 bits per heavy atom. The van der Waals surface area contributed by atoms with Gasteiger partial charge >= 0.3 is 21.1 Å². The molecule has 0 radical (unpaired) electrons. The zero-order valence-electron chi connectivity index (χ0n) is 19.1. The van der Waals surface area contributed by atoms with Crippen LogP contribution < -0.4 is 0 Å². The monoisotopic (exact) mass is 655 g/mol. The van der Waals surface area contributed by atoms with Crippen molar-refractivity contribution in [3.63, 3.8) is 0 Å². The molecule has 0 atom stereocenters. The van der Waals surface area contributed by atoms with Crippen LogP contribution in [-0.4, -0.2) is 23.0 Å². The number of hydrogen-bond donors (Lipinski definition) is 0. The van der Waals surface area contributed by atoms with Gasteiger partial charge in [0.05, 0.1) is 1.37 Å². The van der Waals surface area contributed by atoms with E-state index in [2.05, 4.69) is 32.7 Å². The van der Waals surface area contributed by atoms with E-state index in [9.17, 15) is 8.42 Å². The van der Waals surface area contributed by atoms with Crippen molar-refractivity contribution >= 4 is 31.6 Å². The van der Waals surface area contributed by atoms with Crippen LogP contribution in [0.2, 0.25) is 0 Å². The van der Waals surface area contributed by atoms with Gasteiger partial charge in [-0.05, 0) is 46.1 Å². The van der Waals surface area contributed by atoms with Crippen LogP contribution in [0.5, 0.6) is 0 Å². The minimum atomic E-state index is -3.92. The number of fused-ring (bicyclic) bond motifs is 3. The zero-order valence-corrected chi connectivity index (χ0v) is 21.2. The smallest absolute Gasteiger partial charge is 0.314 e. The molecule has 0 N–H and O–H groups in total.